The number of ether oxygens (including phenoxy) is 2. The van der Waals surface area contributed by atoms with Crippen molar-refractivity contribution < 1.29 is 14.6 Å². The van der Waals surface area contributed by atoms with E-state index in [1.807, 2.05) is 18.2 Å². The van der Waals surface area contributed by atoms with Crippen LogP contribution in [0.2, 0.25) is 0 Å². The zero-order chi connectivity index (χ0) is 10.7. The minimum absolute atomic E-state index is 0.289. The molecule has 0 spiro atoms. The maximum Gasteiger partial charge on any atom is 0.162 e. The van der Waals surface area contributed by atoms with E-state index in [1.54, 1.807) is 18.7 Å². The summed E-state index contributed by atoms with van der Waals surface area (Å²) in [7, 11) is 0. The van der Waals surface area contributed by atoms with Gasteiger partial charge in [0.05, 0.1) is 6.10 Å². The lowest BCUT2D eigenvalue weighted by molar-refractivity contribution is 0.171. The summed E-state index contributed by atoms with van der Waals surface area (Å²) in [5, 5.41) is 9.18. The molecule has 1 heterocycles. The lowest BCUT2D eigenvalue weighted by Crippen LogP contribution is -2.15. The van der Waals surface area contributed by atoms with E-state index in [1.165, 1.54) is 0 Å². The molecule has 0 saturated heterocycles. The molecule has 0 amide bonds. The van der Waals surface area contributed by atoms with E-state index in [0.29, 0.717) is 19.0 Å². The summed E-state index contributed by atoms with van der Waals surface area (Å²) in [6.07, 6.45) is -0.289. The highest BCUT2D eigenvalue weighted by molar-refractivity contribution is 7.99. The van der Waals surface area contributed by atoms with E-state index in [4.69, 9.17) is 9.47 Å². The number of aliphatic hydroxyl groups is 1. The van der Waals surface area contributed by atoms with Crippen LogP contribution in [-0.2, 0) is 0 Å². The lowest BCUT2D eigenvalue weighted by Gasteiger charge is -2.18. The van der Waals surface area contributed by atoms with Gasteiger partial charge in [-0.15, -0.1) is 11.8 Å². The van der Waals surface area contributed by atoms with Gasteiger partial charge in [0.1, 0.15) is 13.2 Å². The van der Waals surface area contributed by atoms with Crippen molar-refractivity contribution in [3.8, 4) is 11.5 Å². The third-order valence-electron chi connectivity index (χ3n) is 2.00. The quantitative estimate of drug-likeness (QED) is 0.799. The molecule has 0 aliphatic carbocycles. The lowest BCUT2D eigenvalue weighted by atomic mass is 10.3. The fourth-order valence-electron chi connectivity index (χ4n) is 1.33. The summed E-state index contributed by atoms with van der Waals surface area (Å²) in [5.74, 6) is 2.30. The zero-order valence-corrected chi connectivity index (χ0v) is 9.42. The second kappa shape index (κ2) is 4.77. The van der Waals surface area contributed by atoms with Crippen molar-refractivity contribution in [2.75, 3.05) is 19.0 Å². The highest BCUT2D eigenvalue weighted by Gasteiger charge is 2.11. The molecule has 0 fully saturated rings. The molecule has 1 aromatic carbocycles. The summed E-state index contributed by atoms with van der Waals surface area (Å²) < 4.78 is 10.9. The Bertz CT molecular complexity index is 339. The number of benzene rings is 1. The molecule has 0 radical (unpaired) electrons. The van der Waals surface area contributed by atoms with Crippen LogP contribution in [0.4, 0.5) is 0 Å². The van der Waals surface area contributed by atoms with Gasteiger partial charge in [0.2, 0.25) is 0 Å². The summed E-state index contributed by atoms with van der Waals surface area (Å²) in [4.78, 5) is 1.10. The molecule has 1 aliphatic rings. The first kappa shape index (κ1) is 10.6. The molecule has 1 aliphatic heterocycles. The van der Waals surface area contributed by atoms with Gasteiger partial charge < -0.3 is 14.6 Å². The Hall–Kier alpha value is -0.870. The van der Waals surface area contributed by atoms with Crippen molar-refractivity contribution in [1.82, 2.24) is 0 Å². The number of hydrogen-bond acceptors (Lipinski definition) is 4. The largest absolute Gasteiger partial charge is 0.486 e. The maximum absolute atomic E-state index is 9.18. The van der Waals surface area contributed by atoms with Crippen LogP contribution < -0.4 is 9.47 Å². The molecule has 0 aromatic heterocycles. The molecular formula is C11H14O3S. The van der Waals surface area contributed by atoms with Crippen LogP contribution in [0.5, 0.6) is 11.5 Å². The molecule has 4 heteroatoms. The highest BCUT2D eigenvalue weighted by atomic mass is 32.2. The van der Waals surface area contributed by atoms with Gasteiger partial charge in [0, 0.05) is 10.6 Å². The molecule has 15 heavy (non-hydrogen) atoms. The molecular weight excluding hydrogens is 212 g/mol. The predicted molar refractivity (Wildman–Crippen MR) is 59.8 cm³/mol. The van der Waals surface area contributed by atoms with Crippen LogP contribution in [-0.4, -0.2) is 30.2 Å². The normalized spacial score (nSPS) is 16.1. The molecule has 0 unspecified atom stereocenters. The Labute approximate surface area is 93.4 Å². The molecule has 0 bridgehead atoms. The maximum atomic E-state index is 9.18. The number of aliphatic hydroxyl groups excluding tert-OH is 1. The predicted octanol–water partition coefficient (Wildman–Crippen LogP) is 1.93. The molecule has 1 atom stereocenters. The molecule has 3 nitrogen and oxygen atoms in total. The van der Waals surface area contributed by atoms with E-state index < -0.39 is 0 Å². The van der Waals surface area contributed by atoms with Crippen molar-refractivity contribution in [1.29, 1.82) is 0 Å². The summed E-state index contributed by atoms with van der Waals surface area (Å²) in [6.45, 7) is 3.01. The Balaban J connectivity index is 2.07. The van der Waals surface area contributed by atoms with E-state index in [9.17, 15) is 5.11 Å². The van der Waals surface area contributed by atoms with Crippen LogP contribution in [0.3, 0.4) is 0 Å². The van der Waals surface area contributed by atoms with Crippen LogP contribution in [0.15, 0.2) is 23.1 Å². The fourth-order valence-corrected chi connectivity index (χ4v) is 2.12. The third-order valence-corrected chi connectivity index (χ3v) is 3.24. The van der Waals surface area contributed by atoms with Gasteiger partial charge in [-0.25, -0.2) is 0 Å². The first-order valence-corrected chi connectivity index (χ1v) is 5.95. The van der Waals surface area contributed by atoms with E-state index in [-0.39, 0.29) is 6.10 Å². The number of fused-ring (bicyclic) bond motifs is 1. The van der Waals surface area contributed by atoms with Gasteiger partial charge in [-0.3, -0.25) is 0 Å². The van der Waals surface area contributed by atoms with Gasteiger partial charge in [0.25, 0.3) is 0 Å². The molecule has 1 aromatic rings. The minimum Gasteiger partial charge on any atom is -0.486 e. The smallest absolute Gasteiger partial charge is 0.162 e. The average molecular weight is 226 g/mol. The molecule has 2 rings (SSSR count). The van der Waals surface area contributed by atoms with Gasteiger partial charge in [0.15, 0.2) is 11.5 Å². The summed E-state index contributed by atoms with van der Waals surface area (Å²) in [6, 6.07) is 5.86. The second-order valence-corrected chi connectivity index (χ2v) is 4.56. The second-order valence-electron chi connectivity index (χ2n) is 3.47. The number of hydrogen-bond donors (Lipinski definition) is 1. The van der Waals surface area contributed by atoms with Crippen LogP contribution in [0.1, 0.15) is 6.92 Å². The van der Waals surface area contributed by atoms with Gasteiger partial charge in [-0.1, -0.05) is 0 Å². The Kier molecular flexibility index (Phi) is 3.38. The SMILES string of the molecule is C[C@@H](O)CSc1ccc2c(c1)OCCO2. The standard InChI is InChI=1S/C11H14O3S/c1-8(12)7-15-9-2-3-10-11(6-9)14-5-4-13-10/h2-3,6,8,12H,4-5,7H2,1H3/t8-/m1/s1. The summed E-state index contributed by atoms with van der Waals surface area (Å²) >= 11 is 1.62. The third kappa shape index (κ3) is 2.79. The first-order chi connectivity index (χ1) is 7.25. The van der Waals surface area contributed by atoms with Crippen molar-refractivity contribution in [3.63, 3.8) is 0 Å². The minimum atomic E-state index is -0.289. The number of rotatable bonds is 3. The zero-order valence-electron chi connectivity index (χ0n) is 8.60. The van der Waals surface area contributed by atoms with Crippen LogP contribution in [0.25, 0.3) is 0 Å². The molecule has 82 valence electrons. The highest BCUT2D eigenvalue weighted by Crippen LogP contribution is 2.34. The first-order valence-electron chi connectivity index (χ1n) is 4.96. The summed E-state index contributed by atoms with van der Waals surface area (Å²) in [5.41, 5.74) is 0. The van der Waals surface area contributed by atoms with Gasteiger partial charge in [-0.05, 0) is 25.1 Å². The average Bonchev–Trinajstić information content (AvgIpc) is 2.26. The van der Waals surface area contributed by atoms with Crippen molar-refractivity contribution in [3.05, 3.63) is 18.2 Å². The Morgan fingerprint density at radius 2 is 2.07 bits per heavy atom. The topological polar surface area (TPSA) is 38.7 Å². The molecule has 1 N–H and O–H groups in total. The van der Waals surface area contributed by atoms with Crippen LogP contribution >= 0.6 is 11.8 Å². The van der Waals surface area contributed by atoms with Gasteiger partial charge in [-0.2, -0.15) is 0 Å². The van der Waals surface area contributed by atoms with Gasteiger partial charge >= 0.3 is 0 Å². The van der Waals surface area contributed by atoms with Crippen molar-refractivity contribution >= 4 is 11.8 Å². The number of thioether (sulfide) groups is 1. The molecule has 0 saturated carbocycles. The monoisotopic (exact) mass is 226 g/mol. The van der Waals surface area contributed by atoms with Crippen LogP contribution in [0, 0.1) is 0 Å². The van der Waals surface area contributed by atoms with Crippen molar-refractivity contribution in [2.24, 2.45) is 0 Å². The Morgan fingerprint density at radius 3 is 2.80 bits per heavy atom. The van der Waals surface area contributed by atoms with E-state index >= 15 is 0 Å². The fraction of sp³-hybridized carbons (Fsp3) is 0.455. The Morgan fingerprint density at radius 1 is 1.33 bits per heavy atom. The van der Waals surface area contributed by atoms with E-state index in [0.717, 1.165) is 16.4 Å². The van der Waals surface area contributed by atoms with E-state index in [2.05, 4.69) is 0 Å². The van der Waals surface area contributed by atoms with Crippen molar-refractivity contribution in [2.45, 2.75) is 17.9 Å².